The zero-order chi connectivity index (χ0) is 24.0. The second kappa shape index (κ2) is 11.1. The van der Waals surface area contributed by atoms with Gasteiger partial charge in [0.1, 0.15) is 0 Å². The number of carbonyl (C=O) groups excluding carboxylic acids is 2. The molecule has 1 aliphatic heterocycles. The lowest BCUT2D eigenvalue weighted by atomic mass is 9.82. The van der Waals surface area contributed by atoms with Crippen LogP contribution in [0.15, 0.2) is 70.4 Å². The van der Waals surface area contributed by atoms with E-state index in [1.54, 1.807) is 38.1 Å². The summed E-state index contributed by atoms with van der Waals surface area (Å²) in [5, 5.41) is 17.0. The van der Waals surface area contributed by atoms with E-state index in [4.69, 9.17) is 16.3 Å². The number of ether oxygens (including phenoxy) is 1. The van der Waals surface area contributed by atoms with E-state index in [-0.39, 0.29) is 18.3 Å². The smallest absolute Gasteiger partial charge is 0.336 e. The number of amides is 1. The molecular formula is C25H24ClN3O3S. The number of carbonyl (C=O) groups is 2. The molecule has 1 aliphatic rings. The van der Waals surface area contributed by atoms with E-state index in [2.05, 4.69) is 16.7 Å². The monoisotopic (exact) mass is 481 g/mol. The molecule has 0 unspecified atom stereocenters. The van der Waals surface area contributed by atoms with Crippen molar-refractivity contribution in [2.45, 2.75) is 26.7 Å². The lowest BCUT2D eigenvalue weighted by molar-refractivity contribution is -0.138. The molecule has 0 spiro atoms. The Labute approximate surface area is 202 Å². The third-order valence-electron chi connectivity index (χ3n) is 5.01. The van der Waals surface area contributed by atoms with Crippen LogP contribution in [0.4, 0.5) is 5.69 Å². The Morgan fingerprint density at radius 2 is 1.97 bits per heavy atom. The first kappa shape index (κ1) is 24.4. The fourth-order valence-electron chi connectivity index (χ4n) is 3.58. The lowest BCUT2D eigenvalue weighted by Gasteiger charge is -2.29. The van der Waals surface area contributed by atoms with Crippen molar-refractivity contribution >= 4 is 40.9 Å². The highest BCUT2D eigenvalue weighted by Gasteiger charge is 2.36. The highest BCUT2D eigenvalue weighted by atomic mass is 35.5. The van der Waals surface area contributed by atoms with E-state index in [0.717, 1.165) is 5.56 Å². The molecule has 2 N–H and O–H groups in total. The SMILES string of the molecule is CCOC(=O)C1=C(C)NC(SCC(=O)Nc2cccc(C)c2)=C(C#N)[C@H]1c1ccccc1Cl. The first-order chi connectivity index (χ1) is 15.8. The molecule has 0 saturated carbocycles. The van der Waals surface area contributed by atoms with Crippen molar-refractivity contribution in [2.75, 3.05) is 17.7 Å². The van der Waals surface area contributed by atoms with Crippen LogP contribution in [0.1, 0.15) is 30.9 Å². The molecule has 8 heteroatoms. The quantitative estimate of drug-likeness (QED) is 0.523. The number of hydrogen-bond donors (Lipinski definition) is 2. The lowest BCUT2D eigenvalue weighted by Crippen LogP contribution is -2.29. The fourth-order valence-corrected chi connectivity index (χ4v) is 4.72. The molecule has 1 amide bonds. The van der Waals surface area contributed by atoms with Crippen LogP contribution in [-0.2, 0) is 14.3 Å². The molecule has 6 nitrogen and oxygen atoms in total. The zero-order valence-corrected chi connectivity index (χ0v) is 20.1. The number of anilines is 1. The number of nitriles is 1. The van der Waals surface area contributed by atoms with Gasteiger partial charge in [0, 0.05) is 16.4 Å². The number of halogens is 1. The van der Waals surface area contributed by atoms with Crippen LogP contribution in [0.2, 0.25) is 5.02 Å². The summed E-state index contributed by atoms with van der Waals surface area (Å²) in [7, 11) is 0. The molecule has 170 valence electrons. The average Bonchev–Trinajstić information content (AvgIpc) is 2.77. The zero-order valence-electron chi connectivity index (χ0n) is 18.6. The van der Waals surface area contributed by atoms with Crippen LogP contribution in [0.25, 0.3) is 0 Å². The Morgan fingerprint density at radius 1 is 1.21 bits per heavy atom. The maximum absolute atomic E-state index is 12.8. The Balaban J connectivity index is 1.91. The summed E-state index contributed by atoms with van der Waals surface area (Å²) in [6.45, 7) is 5.63. The van der Waals surface area contributed by atoms with Gasteiger partial charge in [0.25, 0.3) is 0 Å². The van der Waals surface area contributed by atoms with Crippen molar-refractivity contribution in [1.82, 2.24) is 5.32 Å². The number of nitrogens with one attached hydrogen (secondary N) is 2. The number of thioether (sulfide) groups is 1. The van der Waals surface area contributed by atoms with E-state index in [1.807, 2.05) is 31.2 Å². The summed E-state index contributed by atoms with van der Waals surface area (Å²) in [4.78, 5) is 25.3. The first-order valence-electron chi connectivity index (χ1n) is 10.4. The highest BCUT2D eigenvalue weighted by Crippen LogP contribution is 2.43. The molecular weight excluding hydrogens is 458 g/mol. The fraction of sp³-hybridized carbons (Fsp3) is 0.240. The van der Waals surface area contributed by atoms with Gasteiger partial charge in [-0.2, -0.15) is 5.26 Å². The molecule has 3 rings (SSSR count). The molecule has 2 aromatic rings. The predicted octanol–water partition coefficient (Wildman–Crippen LogP) is 5.28. The van der Waals surface area contributed by atoms with Crippen LogP contribution in [-0.4, -0.2) is 24.2 Å². The number of aryl methyl sites for hydroxylation is 1. The number of esters is 1. The average molecular weight is 482 g/mol. The summed E-state index contributed by atoms with van der Waals surface area (Å²) in [5.74, 6) is -1.34. The minimum Gasteiger partial charge on any atom is -0.463 e. The van der Waals surface area contributed by atoms with Crippen LogP contribution >= 0.6 is 23.4 Å². The van der Waals surface area contributed by atoms with Crippen LogP contribution in [0, 0.1) is 18.3 Å². The van der Waals surface area contributed by atoms with E-state index < -0.39 is 11.9 Å². The van der Waals surface area contributed by atoms with Gasteiger partial charge in [0.05, 0.1) is 40.5 Å². The van der Waals surface area contributed by atoms with Gasteiger partial charge in [-0.05, 0) is 50.1 Å². The van der Waals surface area contributed by atoms with Crippen LogP contribution in [0.5, 0.6) is 0 Å². The second-order valence-electron chi connectivity index (χ2n) is 7.40. The van der Waals surface area contributed by atoms with E-state index >= 15 is 0 Å². The molecule has 0 aliphatic carbocycles. The summed E-state index contributed by atoms with van der Waals surface area (Å²) in [6.07, 6.45) is 0. The van der Waals surface area contributed by atoms with E-state index in [0.29, 0.717) is 38.1 Å². The number of dihydropyridines is 1. The largest absolute Gasteiger partial charge is 0.463 e. The topological polar surface area (TPSA) is 91.2 Å². The van der Waals surface area contributed by atoms with Crippen LogP contribution < -0.4 is 10.6 Å². The first-order valence-corrected chi connectivity index (χ1v) is 11.7. The molecule has 33 heavy (non-hydrogen) atoms. The Kier molecular flexibility index (Phi) is 8.21. The Morgan fingerprint density at radius 3 is 2.64 bits per heavy atom. The van der Waals surface area contributed by atoms with Gasteiger partial charge in [-0.25, -0.2) is 4.79 Å². The molecule has 0 saturated heterocycles. The third kappa shape index (κ3) is 5.78. The molecule has 0 aromatic heterocycles. The van der Waals surface area contributed by atoms with Crippen molar-refractivity contribution in [2.24, 2.45) is 0 Å². The van der Waals surface area contributed by atoms with Crippen molar-refractivity contribution in [3.05, 3.63) is 86.6 Å². The number of rotatable bonds is 7. The summed E-state index contributed by atoms with van der Waals surface area (Å²) < 4.78 is 5.26. The standard InChI is InChI=1S/C25H24ClN3O3S/c1-4-32-25(31)22-16(3)28-24(19(13-27)23(22)18-10-5-6-11-20(18)26)33-14-21(30)29-17-9-7-8-15(2)12-17/h5-12,23,28H,4,14H2,1-3H3,(H,29,30)/t23-/m1/s1. The van der Waals surface area contributed by atoms with Gasteiger partial charge in [0.2, 0.25) is 5.91 Å². The van der Waals surface area contributed by atoms with Crippen molar-refractivity contribution in [1.29, 1.82) is 5.26 Å². The second-order valence-corrected chi connectivity index (χ2v) is 8.79. The van der Waals surface area contributed by atoms with E-state index in [1.165, 1.54) is 11.8 Å². The third-order valence-corrected chi connectivity index (χ3v) is 6.37. The van der Waals surface area contributed by atoms with Gasteiger partial charge in [-0.3, -0.25) is 4.79 Å². The Hall–Kier alpha value is -3.21. The van der Waals surface area contributed by atoms with Gasteiger partial charge in [0.15, 0.2) is 0 Å². The predicted molar refractivity (Wildman–Crippen MR) is 132 cm³/mol. The molecule has 0 fully saturated rings. The number of benzene rings is 2. The summed E-state index contributed by atoms with van der Waals surface area (Å²) in [6, 6.07) is 16.8. The number of hydrogen-bond acceptors (Lipinski definition) is 6. The van der Waals surface area contributed by atoms with Gasteiger partial charge in [-0.15, -0.1) is 0 Å². The number of allylic oxidation sites excluding steroid dienone is 2. The maximum Gasteiger partial charge on any atom is 0.336 e. The van der Waals surface area contributed by atoms with E-state index in [9.17, 15) is 14.9 Å². The van der Waals surface area contributed by atoms with Crippen molar-refractivity contribution < 1.29 is 14.3 Å². The van der Waals surface area contributed by atoms with Gasteiger partial charge >= 0.3 is 5.97 Å². The molecule has 2 aromatic carbocycles. The minimum atomic E-state index is -0.702. The molecule has 0 bridgehead atoms. The normalized spacial score (nSPS) is 15.5. The molecule has 1 heterocycles. The van der Waals surface area contributed by atoms with Crippen molar-refractivity contribution in [3.63, 3.8) is 0 Å². The van der Waals surface area contributed by atoms with Crippen LogP contribution in [0.3, 0.4) is 0 Å². The summed E-state index contributed by atoms with van der Waals surface area (Å²) in [5.41, 5.74) is 3.57. The maximum atomic E-state index is 12.8. The Bertz CT molecular complexity index is 1180. The molecule has 0 radical (unpaired) electrons. The van der Waals surface area contributed by atoms with Gasteiger partial charge < -0.3 is 15.4 Å². The molecule has 1 atom stereocenters. The highest BCUT2D eigenvalue weighted by molar-refractivity contribution is 8.03. The number of nitrogens with zero attached hydrogens (tertiary/aromatic N) is 1. The summed E-state index contributed by atoms with van der Waals surface area (Å²) >= 11 is 7.66. The minimum absolute atomic E-state index is 0.0821. The van der Waals surface area contributed by atoms with Gasteiger partial charge in [-0.1, -0.05) is 53.7 Å². The van der Waals surface area contributed by atoms with Crippen molar-refractivity contribution in [3.8, 4) is 6.07 Å².